The van der Waals surface area contributed by atoms with Crippen molar-refractivity contribution in [2.75, 3.05) is 24.7 Å². The summed E-state index contributed by atoms with van der Waals surface area (Å²) in [6.07, 6.45) is -0.684. The maximum absolute atomic E-state index is 9.17. The highest BCUT2D eigenvalue weighted by Crippen LogP contribution is 2.21. The molecule has 0 saturated heterocycles. The number of aromatic nitrogens is 1. The molecule has 90 valence electrons. The number of aliphatic hydroxyl groups excluding tert-OH is 2. The van der Waals surface area contributed by atoms with Crippen molar-refractivity contribution >= 4 is 29.2 Å². The fourth-order valence-electron chi connectivity index (χ4n) is 1.07. The monoisotopic (exact) mass is 262 g/mol. The molecule has 0 amide bonds. The molecule has 4 nitrogen and oxygen atoms in total. The van der Waals surface area contributed by atoms with E-state index in [1.54, 1.807) is 19.2 Å². The molecule has 0 fully saturated rings. The van der Waals surface area contributed by atoms with Crippen molar-refractivity contribution in [2.45, 2.75) is 11.9 Å². The average Bonchev–Trinajstić information content (AvgIpc) is 2.31. The first-order chi connectivity index (χ1) is 7.67. The third-order valence-electron chi connectivity index (χ3n) is 1.93. The minimum atomic E-state index is -0.684. The molecule has 6 heteroatoms. The van der Waals surface area contributed by atoms with Gasteiger partial charge in [-0.2, -0.15) is 11.8 Å². The van der Waals surface area contributed by atoms with Crippen LogP contribution in [0, 0.1) is 0 Å². The Morgan fingerprint density at radius 2 is 2.31 bits per heavy atom. The molecule has 1 aromatic heterocycles. The first-order valence-corrected chi connectivity index (χ1v) is 6.40. The van der Waals surface area contributed by atoms with Gasteiger partial charge in [-0.05, 0) is 12.1 Å². The standard InChI is InChI=1S/C10H15ClN2O2S/c1-12-10-3-2-8(11)9(13-10)6-16-5-7(15)4-14/h2-3,7,14-15H,4-6H2,1H3,(H,12,13). The van der Waals surface area contributed by atoms with E-state index in [9.17, 15) is 0 Å². The number of nitrogens with zero attached hydrogens (tertiary/aromatic N) is 1. The predicted molar refractivity (Wildman–Crippen MR) is 68.0 cm³/mol. The van der Waals surface area contributed by atoms with Crippen molar-refractivity contribution in [3.8, 4) is 0 Å². The van der Waals surface area contributed by atoms with Crippen molar-refractivity contribution in [2.24, 2.45) is 0 Å². The third-order valence-corrected chi connectivity index (χ3v) is 3.38. The van der Waals surface area contributed by atoms with E-state index in [4.69, 9.17) is 21.8 Å². The van der Waals surface area contributed by atoms with E-state index < -0.39 is 6.10 Å². The summed E-state index contributed by atoms with van der Waals surface area (Å²) in [6, 6.07) is 3.60. The van der Waals surface area contributed by atoms with Crippen LogP contribution >= 0.6 is 23.4 Å². The summed E-state index contributed by atoms with van der Waals surface area (Å²) in [4.78, 5) is 4.31. The van der Waals surface area contributed by atoms with Gasteiger partial charge in [0.25, 0.3) is 0 Å². The molecule has 0 bridgehead atoms. The lowest BCUT2D eigenvalue weighted by Gasteiger charge is -2.08. The van der Waals surface area contributed by atoms with Crippen molar-refractivity contribution < 1.29 is 10.2 Å². The molecule has 0 spiro atoms. The van der Waals surface area contributed by atoms with E-state index in [-0.39, 0.29) is 6.61 Å². The number of hydrogen-bond acceptors (Lipinski definition) is 5. The summed E-state index contributed by atoms with van der Waals surface area (Å²) in [5.41, 5.74) is 0.781. The molecule has 0 aliphatic carbocycles. The van der Waals surface area contributed by atoms with Crippen LogP contribution in [0.3, 0.4) is 0 Å². The molecule has 1 rings (SSSR count). The van der Waals surface area contributed by atoms with Crippen LogP contribution in [0.2, 0.25) is 5.02 Å². The molecule has 0 aliphatic rings. The number of anilines is 1. The fraction of sp³-hybridized carbons (Fsp3) is 0.500. The second-order valence-electron chi connectivity index (χ2n) is 3.23. The minimum Gasteiger partial charge on any atom is -0.394 e. The maximum Gasteiger partial charge on any atom is 0.126 e. The summed E-state index contributed by atoms with van der Waals surface area (Å²) in [5, 5.41) is 21.4. The highest BCUT2D eigenvalue weighted by atomic mass is 35.5. The lowest BCUT2D eigenvalue weighted by molar-refractivity contribution is 0.113. The Labute approximate surface area is 104 Å². The van der Waals surface area contributed by atoms with E-state index in [2.05, 4.69) is 10.3 Å². The summed E-state index contributed by atoms with van der Waals surface area (Å²) in [7, 11) is 1.79. The number of aliphatic hydroxyl groups is 2. The molecule has 1 atom stereocenters. The quantitative estimate of drug-likeness (QED) is 0.723. The zero-order chi connectivity index (χ0) is 12.0. The Balaban J connectivity index is 2.52. The van der Waals surface area contributed by atoms with Gasteiger partial charge >= 0.3 is 0 Å². The van der Waals surface area contributed by atoms with Crippen LogP contribution < -0.4 is 5.32 Å². The van der Waals surface area contributed by atoms with Gasteiger partial charge in [-0.3, -0.25) is 0 Å². The van der Waals surface area contributed by atoms with Crippen molar-refractivity contribution in [1.29, 1.82) is 0 Å². The van der Waals surface area contributed by atoms with Crippen LogP contribution in [0.25, 0.3) is 0 Å². The van der Waals surface area contributed by atoms with Gasteiger partial charge in [0.2, 0.25) is 0 Å². The summed E-state index contributed by atoms with van der Waals surface area (Å²) >= 11 is 7.47. The number of rotatable bonds is 6. The van der Waals surface area contributed by atoms with E-state index in [0.717, 1.165) is 11.5 Å². The van der Waals surface area contributed by atoms with E-state index in [1.807, 2.05) is 0 Å². The summed E-state index contributed by atoms with van der Waals surface area (Å²) in [5.74, 6) is 1.85. The molecule has 0 aliphatic heterocycles. The Hall–Kier alpha value is -0.490. The second-order valence-corrected chi connectivity index (χ2v) is 4.66. The summed E-state index contributed by atoms with van der Waals surface area (Å²) in [6.45, 7) is -0.218. The Morgan fingerprint density at radius 3 is 2.94 bits per heavy atom. The lowest BCUT2D eigenvalue weighted by Crippen LogP contribution is -2.14. The van der Waals surface area contributed by atoms with Crippen molar-refractivity contribution in [3.05, 3.63) is 22.8 Å². The molecular formula is C10H15ClN2O2S. The smallest absolute Gasteiger partial charge is 0.126 e. The highest BCUT2D eigenvalue weighted by Gasteiger charge is 2.06. The largest absolute Gasteiger partial charge is 0.394 e. The molecular weight excluding hydrogens is 248 g/mol. The van der Waals surface area contributed by atoms with Gasteiger partial charge in [0.1, 0.15) is 5.82 Å². The van der Waals surface area contributed by atoms with Gasteiger partial charge < -0.3 is 15.5 Å². The SMILES string of the molecule is CNc1ccc(Cl)c(CSCC(O)CO)n1. The number of pyridine rings is 1. The Bertz CT molecular complexity index is 339. The number of thioether (sulfide) groups is 1. The number of halogens is 1. The first kappa shape index (κ1) is 13.6. The van der Waals surface area contributed by atoms with Crippen LogP contribution in [0.4, 0.5) is 5.82 Å². The van der Waals surface area contributed by atoms with Crippen LogP contribution in [-0.2, 0) is 5.75 Å². The molecule has 1 heterocycles. The van der Waals surface area contributed by atoms with E-state index in [1.165, 1.54) is 11.8 Å². The van der Waals surface area contributed by atoms with Gasteiger partial charge in [0.05, 0.1) is 23.4 Å². The lowest BCUT2D eigenvalue weighted by atomic mass is 10.3. The van der Waals surface area contributed by atoms with Gasteiger partial charge in [-0.25, -0.2) is 4.98 Å². The molecule has 0 saturated carbocycles. The zero-order valence-electron chi connectivity index (χ0n) is 8.98. The summed E-state index contributed by atoms with van der Waals surface area (Å²) < 4.78 is 0. The van der Waals surface area contributed by atoms with Gasteiger partial charge in [0, 0.05) is 18.6 Å². The average molecular weight is 263 g/mol. The molecule has 1 aromatic rings. The fourth-order valence-corrected chi connectivity index (χ4v) is 2.23. The van der Waals surface area contributed by atoms with E-state index in [0.29, 0.717) is 16.5 Å². The van der Waals surface area contributed by atoms with Crippen LogP contribution in [0.1, 0.15) is 5.69 Å². The minimum absolute atomic E-state index is 0.218. The number of nitrogens with one attached hydrogen (secondary N) is 1. The molecule has 16 heavy (non-hydrogen) atoms. The predicted octanol–water partition coefficient (Wildman–Crippen LogP) is 1.36. The first-order valence-electron chi connectivity index (χ1n) is 4.87. The normalized spacial score (nSPS) is 12.5. The third kappa shape index (κ3) is 4.17. The maximum atomic E-state index is 9.17. The Morgan fingerprint density at radius 1 is 1.56 bits per heavy atom. The van der Waals surface area contributed by atoms with Gasteiger partial charge in [0.15, 0.2) is 0 Å². The topological polar surface area (TPSA) is 65.4 Å². The number of hydrogen-bond donors (Lipinski definition) is 3. The van der Waals surface area contributed by atoms with Gasteiger partial charge in [-0.15, -0.1) is 0 Å². The highest BCUT2D eigenvalue weighted by molar-refractivity contribution is 7.98. The van der Waals surface area contributed by atoms with Crippen molar-refractivity contribution in [1.82, 2.24) is 4.98 Å². The Kier molecular flexibility index (Phi) is 5.90. The van der Waals surface area contributed by atoms with Crippen LogP contribution in [0.5, 0.6) is 0 Å². The van der Waals surface area contributed by atoms with Gasteiger partial charge in [-0.1, -0.05) is 11.6 Å². The molecule has 3 N–H and O–H groups in total. The molecule has 1 unspecified atom stereocenters. The zero-order valence-corrected chi connectivity index (χ0v) is 10.6. The molecule has 0 radical (unpaired) electrons. The second kappa shape index (κ2) is 6.96. The van der Waals surface area contributed by atoms with E-state index >= 15 is 0 Å². The van der Waals surface area contributed by atoms with Crippen molar-refractivity contribution in [3.63, 3.8) is 0 Å². The molecule has 0 aromatic carbocycles. The van der Waals surface area contributed by atoms with Crippen LogP contribution in [0.15, 0.2) is 12.1 Å². The van der Waals surface area contributed by atoms with Crippen LogP contribution in [-0.4, -0.2) is 40.7 Å².